The Bertz CT molecular complexity index is 1180. The molecule has 1 amide bonds. The molecule has 0 bridgehead atoms. The number of aromatic nitrogens is 4. The Morgan fingerprint density at radius 3 is 2.50 bits per heavy atom. The molecule has 0 saturated carbocycles. The lowest BCUT2D eigenvalue weighted by Crippen LogP contribution is -2.27. The Morgan fingerprint density at radius 2 is 1.85 bits per heavy atom. The van der Waals surface area contributed by atoms with Crippen molar-refractivity contribution < 1.29 is 22.8 Å². The SMILES string of the molecule is CCN(CC)CCn1cc(NC(=O)C(=O)c2c(C)nn(-c3cccc(C(F)(F)F)c3)c2C)cn1. The number of anilines is 1. The van der Waals surface area contributed by atoms with Crippen LogP contribution in [-0.2, 0) is 17.5 Å². The lowest BCUT2D eigenvalue weighted by atomic mass is 10.1. The number of hydrogen-bond acceptors (Lipinski definition) is 5. The van der Waals surface area contributed by atoms with Crippen LogP contribution in [0, 0.1) is 13.8 Å². The first-order valence-corrected chi connectivity index (χ1v) is 10.9. The molecule has 8 nitrogen and oxygen atoms in total. The van der Waals surface area contributed by atoms with Crippen LogP contribution in [0.4, 0.5) is 18.9 Å². The Morgan fingerprint density at radius 1 is 1.15 bits per heavy atom. The Balaban J connectivity index is 1.76. The first kappa shape index (κ1) is 25.2. The monoisotopic (exact) mass is 476 g/mol. The van der Waals surface area contributed by atoms with Crippen LogP contribution in [0.5, 0.6) is 0 Å². The van der Waals surface area contributed by atoms with Crippen molar-refractivity contribution in [2.24, 2.45) is 0 Å². The van der Waals surface area contributed by atoms with Crippen molar-refractivity contribution in [1.82, 2.24) is 24.5 Å². The van der Waals surface area contributed by atoms with Crippen LogP contribution in [0.15, 0.2) is 36.7 Å². The molecule has 0 unspecified atom stereocenters. The molecule has 3 aromatic rings. The molecule has 0 saturated heterocycles. The van der Waals surface area contributed by atoms with Crippen LogP contribution < -0.4 is 5.32 Å². The second kappa shape index (κ2) is 10.2. The average molecular weight is 477 g/mol. The molecule has 0 fully saturated rings. The summed E-state index contributed by atoms with van der Waals surface area (Å²) in [5.41, 5.74) is 0.240. The van der Waals surface area contributed by atoms with E-state index in [4.69, 9.17) is 0 Å². The van der Waals surface area contributed by atoms with Crippen molar-refractivity contribution in [2.75, 3.05) is 25.0 Å². The number of aryl methyl sites for hydroxylation is 1. The fourth-order valence-electron chi connectivity index (χ4n) is 3.67. The summed E-state index contributed by atoms with van der Waals surface area (Å²) in [5.74, 6) is -1.71. The zero-order valence-electron chi connectivity index (χ0n) is 19.5. The van der Waals surface area contributed by atoms with Gasteiger partial charge in [-0.05, 0) is 45.1 Å². The highest BCUT2D eigenvalue weighted by atomic mass is 19.4. The number of ketones is 1. The molecular formula is C23H27F3N6O2. The lowest BCUT2D eigenvalue weighted by molar-refractivity contribution is -0.137. The van der Waals surface area contributed by atoms with Crippen LogP contribution in [0.1, 0.15) is 41.2 Å². The van der Waals surface area contributed by atoms with Crippen LogP contribution in [0.25, 0.3) is 5.69 Å². The molecule has 1 N–H and O–H groups in total. The van der Waals surface area contributed by atoms with E-state index in [2.05, 4.69) is 34.3 Å². The molecule has 2 aromatic heterocycles. The van der Waals surface area contributed by atoms with Gasteiger partial charge in [0.2, 0.25) is 0 Å². The number of Topliss-reactive ketones (excluding diaryl/α,β-unsaturated/α-hetero) is 1. The van der Waals surface area contributed by atoms with Gasteiger partial charge in [-0.1, -0.05) is 19.9 Å². The van der Waals surface area contributed by atoms with E-state index >= 15 is 0 Å². The summed E-state index contributed by atoms with van der Waals surface area (Å²) in [5, 5.41) is 10.9. The van der Waals surface area contributed by atoms with E-state index in [1.54, 1.807) is 10.9 Å². The van der Waals surface area contributed by atoms with Crippen LogP contribution >= 0.6 is 0 Å². The highest BCUT2D eigenvalue weighted by Gasteiger charge is 2.31. The summed E-state index contributed by atoms with van der Waals surface area (Å²) in [7, 11) is 0. The predicted molar refractivity (Wildman–Crippen MR) is 121 cm³/mol. The number of amides is 1. The molecule has 3 rings (SSSR count). The van der Waals surface area contributed by atoms with E-state index in [0.29, 0.717) is 12.2 Å². The number of carbonyl (C=O) groups excluding carboxylic acids is 2. The maximum Gasteiger partial charge on any atom is 0.416 e. The fraction of sp³-hybridized carbons (Fsp3) is 0.391. The maximum absolute atomic E-state index is 13.1. The normalized spacial score (nSPS) is 11.8. The van der Waals surface area contributed by atoms with Crippen molar-refractivity contribution in [3.8, 4) is 5.69 Å². The van der Waals surface area contributed by atoms with Gasteiger partial charge >= 0.3 is 6.18 Å². The summed E-state index contributed by atoms with van der Waals surface area (Å²) in [6.45, 7) is 10.5. The number of alkyl halides is 3. The van der Waals surface area contributed by atoms with Crippen LogP contribution in [-0.4, -0.2) is 55.8 Å². The van der Waals surface area contributed by atoms with Gasteiger partial charge < -0.3 is 10.2 Å². The minimum Gasteiger partial charge on any atom is -0.316 e. The number of rotatable bonds is 9. The molecule has 1 aromatic carbocycles. The van der Waals surface area contributed by atoms with Gasteiger partial charge in [0.15, 0.2) is 0 Å². The number of nitrogens with zero attached hydrogens (tertiary/aromatic N) is 5. The molecule has 0 aliphatic carbocycles. The van der Waals surface area contributed by atoms with Crippen molar-refractivity contribution in [3.63, 3.8) is 0 Å². The van der Waals surface area contributed by atoms with E-state index in [1.807, 2.05) is 0 Å². The lowest BCUT2D eigenvalue weighted by Gasteiger charge is -2.17. The molecule has 0 radical (unpaired) electrons. The molecule has 0 atom stereocenters. The predicted octanol–water partition coefficient (Wildman–Crippen LogP) is 3.87. The minimum absolute atomic E-state index is 0.0452. The second-order valence-corrected chi connectivity index (χ2v) is 7.81. The number of likely N-dealkylation sites (N-methyl/N-ethyl adjacent to an activating group) is 1. The van der Waals surface area contributed by atoms with E-state index in [1.165, 1.54) is 36.9 Å². The van der Waals surface area contributed by atoms with Gasteiger partial charge in [-0.15, -0.1) is 0 Å². The zero-order chi connectivity index (χ0) is 25.0. The third-order valence-electron chi connectivity index (χ3n) is 5.57. The van der Waals surface area contributed by atoms with E-state index in [-0.39, 0.29) is 22.6 Å². The average Bonchev–Trinajstić information content (AvgIpc) is 3.36. The van der Waals surface area contributed by atoms with E-state index in [9.17, 15) is 22.8 Å². The Hall–Kier alpha value is -3.47. The molecule has 2 heterocycles. The second-order valence-electron chi connectivity index (χ2n) is 7.81. The van der Waals surface area contributed by atoms with Gasteiger partial charge in [0.25, 0.3) is 11.7 Å². The van der Waals surface area contributed by atoms with E-state index < -0.39 is 23.4 Å². The van der Waals surface area contributed by atoms with E-state index in [0.717, 1.165) is 31.8 Å². The smallest absolute Gasteiger partial charge is 0.316 e. The number of halogens is 3. The van der Waals surface area contributed by atoms with Crippen LogP contribution in [0.2, 0.25) is 0 Å². The van der Waals surface area contributed by atoms with Crippen molar-refractivity contribution in [1.29, 1.82) is 0 Å². The highest BCUT2D eigenvalue weighted by Crippen LogP contribution is 2.31. The third kappa shape index (κ3) is 5.53. The maximum atomic E-state index is 13.1. The van der Waals surface area contributed by atoms with Gasteiger partial charge in [0.05, 0.1) is 46.6 Å². The third-order valence-corrected chi connectivity index (χ3v) is 5.57. The largest absolute Gasteiger partial charge is 0.416 e. The number of carbonyl (C=O) groups is 2. The van der Waals surface area contributed by atoms with Crippen LogP contribution in [0.3, 0.4) is 0 Å². The molecule has 182 valence electrons. The fourth-order valence-corrected chi connectivity index (χ4v) is 3.67. The molecule has 11 heteroatoms. The quantitative estimate of drug-likeness (QED) is 0.374. The summed E-state index contributed by atoms with van der Waals surface area (Å²) < 4.78 is 42.2. The number of hydrogen-bond donors (Lipinski definition) is 1. The molecular weight excluding hydrogens is 449 g/mol. The summed E-state index contributed by atoms with van der Waals surface area (Å²) >= 11 is 0. The van der Waals surface area contributed by atoms with Crippen molar-refractivity contribution >= 4 is 17.4 Å². The molecule has 34 heavy (non-hydrogen) atoms. The molecule has 0 aliphatic rings. The first-order valence-electron chi connectivity index (χ1n) is 10.9. The van der Waals surface area contributed by atoms with Gasteiger partial charge in [-0.25, -0.2) is 4.68 Å². The van der Waals surface area contributed by atoms with Gasteiger partial charge in [0, 0.05) is 12.7 Å². The van der Waals surface area contributed by atoms with Gasteiger partial charge in [-0.3, -0.25) is 14.3 Å². The van der Waals surface area contributed by atoms with Crippen molar-refractivity contribution in [2.45, 2.75) is 40.4 Å². The highest BCUT2D eigenvalue weighted by molar-refractivity contribution is 6.47. The zero-order valence-corrected chi connectivity index (χ0v) is 19.5. The minimum atomic E-state index is -4.51. The summed E-state index contributed by atoms with van der Waals surface area (Å²) in [6, 6.07) is 4.62. The summed E-state index contributed by atoms with van der Waals surface area (Å²) in [4.78, 5) is 27.7. The molecule has 0 aliphatic heterocycles. The standard InChI is InChI=1S/C23H27F3N6O2/c1-5-30(6-2)10-11-31-14-18(13-27-31)28-22(34)21(33)20-15(3)29-32(16(20)4)19-9-7-8-17(12-19)23(24,25)26/h7-9,12-14H,5-6,10-11H2,1-4H3,(H,28,34). The summed E-state index contributed by atoms with van der Waals surface area (Å²) in [6.07, 6.45) is -1.42. The topological polar surface area (TPSA) is 85.0 Å². The van der Waals surface area contributed by atoms with Gasteiger partial charge in [-0.2, -0.15) is 23.4 Å². The Labute approximate surface area is 195 Å². The number of nitrogens with one attached hydrogen (secondary N) is 1. The first-order chi connectivity index (χ1) is 16.0. The number of benzene rings is 1. The Kier molecular flexibility index (Phi) is 7.55. The molecule has 0 spiro atoms. The van der Waals surface area contributed by atoms with Crippen molar-refractivity contribution in [3.05, 3.63) is 59.2 Å². The van der Waals surface area contributed by atoms with Gasteiger partial charge in [0.1, 0.15) is 0 Å².